The van der Waals surface area contributed by atoms with Gasteiger partial charge in [0.25, 0.3) is 0 Å². The molecule has 2 aromatic rings. The molecule has 0 amide bonds. The largest absolute Gasteiger partial charge is 0.446 e. The number of hydrogen-bond acceptors (Lipinski definition) is 5. The highest BCUT2D eigenvalue weighted by Gasteiger charge is 2.18. The molecule has 96 valence electrons. The third-order valence-corrected chi connectivity index (χ3v) is 3.06. The maximum Gasteiger partial charge on any atom is 0.358 e. The number of hydrogen-bond donors (Lipinski definition) is 0. The lowest BCUT2D eigenvalue weighted by Gasteiger charge is -2.09. The molecule has 0 saturated carbocycles. The molecule has 0 fully saturated rings. The molecule has 1 aromatic heterocycles. The maximum absolute atomic E-state index is 11.9. The van der Waals surface area contributed by atoms with Crippen molar-refractivity contribution in [2.75, 3.05) is 12.9 Å². The summed E-state index contributed by atoms with van der Waals surface area (Å²) in [6, 6.07) is 11.2. The fourth-order valence-electron chi connectivity index (χ4n) is 1.62. The van der Waals surface area contributed by atoms with E-state index < -0.39 is 5.97 Å². The molecule has 2 rings (SSSR count). The summed E-state index contributed by atoms with van der Waals surface area (Å²) in [5.41, 5.74) is 1.14. The van der Waals surface area contributed by atoms with Crippen LogP contribution in [0, 0.1) is 11.3 Å². The fraction of sp³-hybridized carbons (Fsp3) is 0.154. The van der Waals surface area contributed by atoms with Crippen LogP contribution in [0.5, 0.6) is 0 Å². The van der Waals surface area contributed by atoms with Crippen LogP contribution in [0.15, 0.2) is 41.7 Å². The van der Waals surface area contributed by atoms with Crippen molar-refractivity contribution < 1.29 is 9.53 Å². The predicted molar refractivity (Wildman–Crippen MR) is 71.2 cm³/mol. The molecule has 0 saturated heterocycles. The van der Waals surface area contributed by atoms with Crippen molar-refractivity contribution in [2.45, 2.75) is 5.16 Å². The number of thioether (sulfide) groups is 1. The van der Waals surface area contributed by atoms with Crippen molar-refractivity contribution in [3.8, 4) is 11.8 Å². The smallest absolute Gasteiger partial charge is 0.358 e. The van der Waals surface area contributed by atoms with E-state index in [0.29, 0.717) is 10.9 Å². The minimum Gasteiger partial charge on any atom is -0.446 e. The molecule has 5 nitrogen and oxygen atoms in total. The van der Waals surface area contributed by atoms with Gasteiger partial charge in [0, 0.05) is 5.69 Å². The number of para-hydroxylation sites is 1. The van der Waals surface area contributed by atoms with Gasteiger partial charge in [-0.3, -0.25) is 4.57 Å². The van der Waals surface area contributed by atoms with Gasteiger partial charge in [0.15, 0.2) is 17.5 Å². The Labute approximate surface area is 114 Å². The number of carbonyl (C=O) groups excluding carboxylic acids is 1. The lowest BCUT2D eigenvalue weighted by Crippen LogP contribution is -2.11. The average molecular weight is 273 g/mol. The number of carbonyl (C=O) groups is 1. The standard InChI is InChI=1S/C13H11N3O2S/c1-19-13-15-9-11(12(17)18-8-7-14)16(13)10-5-3-2-4-6-10/h2-6,9H,8H2,1H3. The minimum absolute atomic E-state index is 0.270. The number of rotatable bonds is 4. The Morgan fingerprint density at radius 3 is 2.84 bits per heavy atom. The Morgan fingerprint density at radius 2 is 2.21 bits per heavy atom. The summed E-state index contributed by atoms with van der Waals surface area (Å²) < 4.78 is 6.54. The van der Waals surface area contributed by atoms with Gasteiger partial charge in [-0.2, -0.15) is 5.26 Å². The Morgan fingerprint density at radius 1 is 1.47 bits per heavy atom. The van der Waals surface area contributed by atoms with Gasteiger partial charge in [-0.15, -0.1) is 0 Å². The van der Waals surface area contributed by atoms with Crippen LogP contribution in [0.4, 0.5) is 0 Å². The van der Waals surface area contributed by atoms with E-state index in [1.165, 1.54) is 18.0 Å². The van der Waals surface area contributed by atoms with Crippen LogP contribution in [0.3, 0.4) is 0 Å². The molecule has 0 aliphatic heterocycles. The van der Waals surface area contributed by atoms with Crippen molar-refractivity contribution >= 4 is 17.7 Å². The number of nitriles is 1. The summed E-state index contributed by atoms with van der Waals surface area (Å²) >= 11 is 1.43. The van der Waals surface area contributed by atoms with Crippen molar-refractivity contribution in [3.63, 3.8) is 0 Å². The second kappa shape index (κ2) is 6.07. The van der Waals surface area contributed by atoms with Crippen LogP contribution in [-0.2, 0) is 4.74 Å². The molecule has 0 unspecified atom stereocenters. The fourth-order valence-corrected chi connectivity index (χ4v) is 2.17. The molecule has 6 heteroatoms. The molecule has 0 aliphatic rings. The number of ether oxygens (including phenoxy) is 1. The molecule has 1 aromatic carbocycles. The minimum atomic E-state index is -0.557. The first-order valence-electron chi connectivity index (χ1n) is 5.49. The molecule has 19 heavy (non-hydrogen) atoms. The first kappa shape index (κ1) is 13.2. The monoisotopic (exact) mass is 273 g/mol. The highest BCUT2D eigenvalue weighted by molar-refractivity contribution is 7.98. The van der Waals surface area contributed by atoms with E-state index in [1.807, 2.05) is 36.6 Å². The summed E-state index contributed by atoms with van der Waals surface area (Å²) in [6.45, 7) is -0.270. The van der Waals surface area contributed by atoms with Crippen LogP contribution < -0.4 is 0 Å². The third-order valence-electron chi connectivity index (χ3n) is 2.40. The molecule has 0 radical (unpaired) electrons. The molecule has 0 aliphatic carbocycles. The summed E-state index contributed by atoms with van der Waals surface area (Å²) in [5.74, 6) is -0.557. The van der Waals surface area contributed by atoms with E-state index in [9.17, 15) is 4.79 Å². The van der Waals surface area contributed by atoms with E-state index in [0.717, 1.165) is 5.69 Å². The second-order valence-electron chi connectivity index (χ2n) is 3.54. The third kappa shape index (κ3) is 2.77. The predicted octanol–water partition coefficient (Wildman–Crippen LogP) is 2.27. The molecular weight excluding hydrogens is 262 g/mol. The van der Waals surface area contributed by atoms with Crippen LogP contribution in [0.2, 0.25) is 0 Å². The van der Waals surface area contributed by atoms with Crippen molar-refractivity contribution in [3.05, 3.63) is 42.2 Å². The number of benzene rings is 1. The van der Waals surface area contributed by atoms with Gasteiger partial charge in [-0.1, -0.05) is 30.0 Å². The van der Waals surface area contributed by atoms with Gasteiger partial charge in [0.05, 0.1) is 6.20 Å². The Bertz CT molecular complexity index is 617. The summed E-state index contributed by atoms with van der Waals surface area (Å²) in [5, 5.41) is 9.14. The summed E-state index contributed by atoms with van der Waals surface area (Å²) in [4.78, 5) is 16.1. The molecule has 0 N–H and O–H groups in total. The van der Waals surface area contributed by atoms with E-state index in [1.54, 1.807) is 10.6 Å². The Hall–Kier alpha value is -2.26. The molecule has 0 spiro atoms. The number of aromatic nitrogens is 2. The van der Waals surface area contributed by atoms with Gasteiger partial charge in [0.2, 0.25) is 0 Å². The molecule has 0 atom stereocenters. The van der Waals surface area contributed by atoms with Gasteiger partial charge in [-0.05, 0) is 18.4 Å². The molecule has 1 heterocycles. The topological polar surface area (TPSA) is 67.9 Å². The number of imidazole rings is 1. The molecule has 0 bridgehead atoms. The number of nitrogens with zero attached hydrogens (tertiary/aromatic N) is 3. The Kier molecular flexibility index (Phi) is 4.21. The van der Waals surface area contributed by atoms with E-state index >= 15 is 0 Å². The average Bonchev–Trinajstić information content (AvgIpc) is 2.89. The van der Waals surface area contributed by atoms with Gasteiger partial charge in [-0.25, -0.2) is 9.78 Å². The maximum atomic E-state index is 11.9. The number of esters is 1. The zero-order chi connectivity index (χ0) is 13.7. The van der Waals surface area contributed by atoms with Gasteiger partial charge < -0.3 is 4.74 Å². The second-order valence-corrected chi connectivity index (χ2v) is 4.31. The van der Waals surface area contributed by atoms with E-state index in [-0.39, 0.29) is 6.61 Å². The van der Waals surface area contributed by atoms with Crippen LogP contribution in [0.1, 0.15) is 10.5 Å². The zero-order valence-corrected chi connectivity index (χ0v) is 11.1. The lowest BCUT2D eigenvalue weighted by atomic mass is 10.3. The van der Waals surface area contributed by atoms with Crippen molar-refractivity contribution in [1.82, 2.24) is 9.55 Å². The van der Waals surface area contributed by atoms with E-state index in [2.05, 4.69) is 4.98 Å². The normalized spacial score (nSPS) is 9.89. The van der Waals surface area contributed by atoms with E-state index in [4.69, 9.17) is 10.00 Å². The van der Waals surface area contributed by atoms with Gasteiger partial charge in [0.1, 0.15) is 6.07 Å². The first-order valence-corrected chi connectivity index (χ1v) is 6.71. The van der Waals surface area contributed by atoms with Crippen LogP contribution in [0.25, 0.3) is 5.69 Å². The van der Waals surface area contributed by atoms with Crippen molar-refractivity contribution in [1.29, 1.82) is 5.26 Å². The quantitative estimate of drug-likeness (QED) is 0.631. The van der Waals surface area contributed by atoms with Crippen LogP contribution in [-0.4, -0.2) is 28.4 Å². The van der Waals surface area contributed by atoms with Gasteiger partial charge >= 0.3 is 5.97 Å². The first-order chi connectivity index (χ1) is 9.27. The SMILES string of the molecule is CSc1ncc(C(=O)OCC#N)n1-c1ccccc1. The zero-order valence-electron chi connectivity index (χ0n) is 10.2. The lowest BCUT2D eigenvalue weighted by molar-refractivity contribution is 0.0545. The van der Waals surface area contributed by atoms with Crippen molar-refractivity contribution in [2.24, 2.45) is 0 Å². The highest BCUT2D eigenvalue weighted by Crippen LogP contribution is 2.21. The Balaban J connectivity index is 2.44. The molecular formula is C13H11N3O2S. The highest BCUT2D eigenvalue weighted by atomic mass is 32.2. The summed E-state index contributed by atoms with van der Waals surface area (Å²) in [6.07, 6.45) is 3.34. The summed E-state index contributed by atoms with van der Waals surface area (Å²) in [7, 11) is 0. The van der Waals surface area contributed by atoms with Crippen LogP contribution >= 0.6 is 11.8 Å².